The number of benzene rings is 1. The molecule has 1 N–H and O–H groups in total. The van der Waals surface area contributed by atoms with E-state index in [1.807, 2.05) is 41.8 Å². The minimum atomic E-state index is -0.390. The third kappa shape index (κ3) is 3.67. The van der Waals surface area contributed by atoms with E-state index in [0.29, 0.717) is 11.4 Å². The molecule has 4 nitrogen and oxygen atoms in total. The maximum Gasteiger partial charge on any atom is 0.264 e. The predicted molar refractivity (Wildman–Crippen MR) is 97.4 cm³/mol. The van der Waals surface area contributed by atoms with Crippen molar-refractivity contribution in [1.82, 2.24) is 4.90 Å². The van der Waals surface area contributed by atoms with Crippen molar-refractivity contribution in [3.63, 3.8) is 0 Å². The van der Waals surface area contributed by atoms with Crippen LogP contribution in [0.15, 0.2) is 41.8 Å². The van der Waals surface area contributed by atoms with Crippen molar-refractivity contribution in [2.45, 2.75) is 38.6 Å². The summed E-state index contributed by atoms with van der Waals surface area (Å²) in [6.07, 6.45) is 3.61. The Labute approximate surface area is 146 Å². The van der Waals surface area contributed by atoms with E-state index in [1.54, 1.807) is 4.90 Å². The van der Waals surface area contributed by atoms with Gasteiger partial charge in [0.1, 0.15) is 6.04 Å². The number of amides is 2. The van der Waals surface area contributed by atoms with Gasteiger partial charge in [0.25, 0.3) is 5.91 Å². The number of carbonyl (C=O) groups is 2. The number of aryl methyl sites for hydroxylation is 1. The summed E-state index contributed by atoms with van der Waals surface area (Å²) in [6.45, 7) is 2.74. The van der Waals surface area contributed by atoms with Gasteiger partial charge in [0.2, 0.25) is 5.91 Å². The third-order valence-corrected chi connectivity index (χ3v) is 5.29. The molecule has 1 aromatic heterocycles. The Morgan fingerprint density at radius 1 is 1.21 bits per heavy atom. The fourth-order valence-corrected chi connectivity index (χ4v) is 3.72. The van der Waals surface area contributed by atoms with Crippen molar-refractivity contribution in [2.75, 3.05) is 11.9 Å². The van der Waals surface area contributed by atoms with E-state index in [9.17, 15) is 9.59 Å². The van der Waals surface area contributed by atoms with Gasteiger partial charge in [0.05, 0.1) is 4.88 Å². The quantitative estimate of drug-likeness (QED) is 0.915. The molecule has 1 fully saturated rings. The van der Waals surface area contributed by atoms with Gasteiger partial charge in [-0.3, -0.25) is 9.59 Å². The molecule has 1 aliphatic heterocycles. The second kappa shape index (κ2) is 7.62. The third-order valence-electron chi connectivity index (χ3n) is 4.43. The van der Waals surface area contributed by atoms with E-state index < -0.39 is 0 Å². The molecule has 1 saturated heterocycles. The summed E-state index contributed by atoms with van der Waals surface area (Å²) in [7, 11) is 0. The van der Waals surface area contributed by atoms with Crippen LogP contribution < -0.4 is 5.32 Å². The zero-order valence-corrected chi connectivity index (χ0v) is 14.6. The number of nitrogens with zero attached hydrogens (tertiary/aromatic N) is 1. The van der Waals surface area contributed by atoms with E-state index >= 15 is 0 Å². The van der Waals surface area contributed by atoms with Crippen LogP contribution in [0.3, 0.4) is 0 Å². The summed E-state index contributed by atoms with van der Waals surface area (Å²) < 4.78 is 0. The SMILES string of the molecule is CCc1ccc(NC(=O)[C@@H]2CCCCN2C(=O)c2cccs2)cc1. The average molecular weight is 342 g/mol. The Hall–Kier alpha value is -2.14. The van der Waals surface area contributed by atoms with Crippen LogP contribution in [0, 0.1) is 0 Å². The minimum absolute atomic E-state index is 0.0359. The number of thiophene rings is 1. The molecule has 2 aromatic rings. The number of hydrogen-bond donors (Lipinski definition) is 1. The topological polar surface area (TPSA) is 49.4 Å². The number of hydrogen-bond acceptors (Lipinski definition) is 3. The molecule has 1 atom stereocenters. The first-order chi connectivity index (χ1) is 11.7. The zero-order valence-electron chi connectivity index (χ0n) is 13.8. The van der Waals surface area contributed by atoms with Crippen molar-refractivity contribution in [1.29, 1.82) is 0 Å². The lowest BCUT2D eigenvalue weighted by molar-refractivity contribution is -0.121. The molecule has 2 heterocycles. The molecule has 0 unspecified atom stereocenters. The van der Waals surface area contributed by atoms with Crippen molar-refractivity contribution >= 4 is 28.8 Å². The molecular weight excluding hydrogens is 320 g/mol. The van der Waals surface area contributed by atoms with Crippen molar-refractivity contribution in [3.8, 4) is 0 Å². The summed E-state index contributed by atoms with van der Waals surface area (Å²) >= 11 is 1.42. The number of likely N-dealkylation sites (tertiary alicyclic amines) is 1. The highest BCUT2D eigenvalue weighted by Crippen LogP contribution is 2.23. The summed E-state index contributed by atoms with van der Waals surface area (Å²) in [4.78, 5) is 27.8. The van der Waals surface area contributed by atoms with Crippen LogP contribution >= 0.6 is 11.3 Å². The number of piperidine rings is 1. The lowest BCUT2D eigenvalue weighted by atomic mass is 10.0. The Morgan fingerprint density at radius 2 is 2.00 bits per heavy atom. The van der Waals surface area contributed by atoms with Crippen LogP contribution in [0.25, 0.3) is 0 Å². The predicted octanol–water partition coefficient (Wildman–Crippen LogP) is 3.94. The molecule has 2 amide bonds. The molecule has 0 bridgehead atoms. The van der Waals surface area contributed by atoms with Crippen molar-refractivity contribution in [2.24, 2.45) is 0 Å². The summed E-state index contributed by atoms with van der Waals surface area (Å²) in [5, 5.41) is 4.85. The van der Waals surface area contributed by atoms with Gasteiger partial charge in [-0.15, -0.1) is 11.3 Å². The smallest absolute Gasteiger partial charge is 0.264 e. The normalized spacial score (nSPS) is 17.5. The molecule has 0 spiro atoms. The largest absolute Gasteiger partial charge is 0.326 e. The first-order valence-corrected chi connectivity index (χ1v) is 9.31. The summed E-state index contributed by atoms with van der Waals surface area (Å²) in [5.41, 5.74) is 2.02. The van der Waals surface area contributed by atoms with Gasteiger partial charge in [0, 0.05) is 12.2 Å². The van der Waals surface area contributed by atoms with Crippen LogP contribution in [-0.2, 0) is 11.2 Å². The molecule has 5 heteroatoms. The number of rotatable bonds is 4. The Balaban J connectivity index is 1.72. The maximum atomic E-state index is 12.7. The van der Waals surface area contributed by atoms with Gasteiger partial charge in [0.15, 0.2) is 0 Å². The molecule has 1 aromatic carbocycles. The van der Waals surface area contributed by atoms with Crippen LogP contribution in [0.5, 0.6) is 0 Å². The van der Waals surface area contributed by atoms with Crippen LogP contribution in [0.2, 0.25) is 0 Å². The highest BCUT2D eigenvalue weighted by atomic mass is 32.1. The van der Waals surface area contributed by atoms with E-state index in [2.05, 4.69) is 12.2 Å². The fraction of sp³-hybridized carbons (Fsp3) is 0.368. The first kappa shape index (κ1) is 16.7. The highest BCUT2D eigenvalue weighted by Gasteiger charge is 2.33. The standard InChI is InChI=1S/C19H22N2O2S/c1-2-14-8-10-15(11-9-14)20-18(22)16-6-3-4-12-21(16)19(23)17-7-5-13-24-17/h5,7-11,13,16H,2-4,6,12H2,1H3,(H,20,22)/t16-/m0/s1. The van der Waals surface area contributed by atoms with Crippen LogP contribution in [-0.4, -0.2) is 29.3 Å². The van der Waals surface area contributed by atoms with Crippen molar-refractivity contribution in [3.05, 3.63) is 52.2 Å². The van der Waals surface area contributed by atoms with Gasteiger partial charge < -0.3 is 10.2 Å². The molecule has 3 rings (SSSR count). The molecule has 24 heavy (non-hydrogen) atoms. The van der Waals surface area contributed by atoms with Crippen molar-refractivity contribution < 1.29 is 9.59 Å². The number of carbonyl (C=O) groups excluding carboxylic acids is 2. The van der Waals surface area contributed by atoms with Crippen LogP contribution in [0.4, 0.5) is 5.69 Å². The first-order valence-electron chi connectivity index (χ1n) is 8.43. The second-order valence-electron chi connectivity index (χ2n) is 6.03. The Morgan fingerprint density at radius 3 is 2.67 bits per heavy atom. The minimum Gasteiger partial charge on any atom is -0.326 e. The Kier molecular flexibility index (Phi) is 5.30. The second-order valence-corrected chi connectivity index (χ2v) is 6.97. The molecular formula is C19H22N2O2S. The van der Waals surface area contributed by atoms with Gasteiger partial charge in [-0.1, -0.05) is 25.1 Å². The molecule has 0 radical (unpaired) electrons. The van der Waals surface area contributed by atoms with Gasteiger partial charge in [-0.25, -0.2) is 0 Å². The fourth-order valence-electron chi connectivity index (χ4n) is 3.04. The molecule has 0 saturated carbocycles. The Bertz CT molecular complexity index is 695. The van der Waals surface area contributed by atoms with E-state index in [0.717, 1.165) is 31.4 Å². The summed E-state index contributed by atoms with van der Waals surface area (Å²) in [6, 6.07) is 11.2. The van der Waals surface area contributed by atoms with E-state index in [4.69, 9.17) is 0 Å². The van der Waals surface area contributed by atoms with E-state index in [-0.39, 0.29) is 17.9 Å². The number of nitrogens with one attached hydrogen (secondary N) is 1. The zero-order chi connectivity index (χ0) is 16.9. The molecule has 0 aliphatic carbocycles. The lowest BCUT2D eigenvalue weighted by Crippen LogP contribution is -2.49. The highest BCUT2D eigenvalue weighted by molar-refractivity contribution is 7.12. The van der Waals surface area contributed by atoms with Gasteiger partial charge in [-0.05, 0) is 54.8 Å². The van der Waals surface area contributed by atoms with Gasteiger partial charge in [-0.2, -0.15) is 0 Å². The molecule has 1 aliphatic rings. The van der Waals surface area contributed by atoms with Crippen LogP contribution in [0.1, 0.15) is 41.4 Å². The summed E-state index contributed by atoms with van der Waals surface area (Å²) in [5.74, 6) is -0.130. The monoisotopic (exact) mass is 342 g/mol. The molecule has 126 valence electrons. The average Bonchev–Trinajstić information content (AvgIpc) is 3.16. The van der Waals surface area contributed by atoms with E-state index in [1.165, 1.54) is 16.9 Å². The maximum absolute atomic E-state index is 12.7. The number of anilines is 1. The van der Waals surface area contributed by atoms with Gasteiger partial charge >= 0.3 is 0 Å². The lowest BCUT2D eigenvalue weighted by Gasteiger charge is -2.34.